The van der Waals surface area contributed by atoms with Gasteiger partial charge in [-0.2, -0.15) is 0 Å². The van der Waals surface area contributed by atoms with E-state index in [2.05, 4.69) is 29.2 Å². The Hall–Kier alpha value is -4.08. The lowest BCUT2D eigenvalue weighted by molar-refractivity contribution is -0.127. The molecule has 40 heavy (non-hydrogen) atoms. The molecule has 2 N–H and O–H groups in total. The molecule has 0 fully saturated rings. The summed E-state index contributed by atoms with van der Waals surface area (Å²) in [6.07, 6.45) is 0.459. The fourth-order valence-corrected chi connectivity index (χ4v) is 4.53. The van der Waals surface area contributed by atoms with E-state index in [1.165, 1.54) is 48.4 Å². The van der Waals surface area contributed by atoms with Crippen molar-refractivity contribution >= 4 is 64.1 Å². The number of hydrogen-bond acceptors (Lipinski definition) is 6. The number of carbonyl (C=O) groups excluding carboxylic acids is 4. The number of fused-ring (bicyclic) bond motifs is 1. The zero-order valence-electron chi connectivity index (χ0n) is 22.0. The molecule has 0 aliphatic carbocycles. The average Bonchev–Trinajstić information content (AvgIpc) is 3.01. The average molecular weight is 584 g/mol. The Morgan fingerprint density at radius 1 is 1.00 bits per heavy atom. The first-order valence-electron chi connectivity index (χ1n) is 12.5. The number of nitrogens with zero attached hydrogens (tertiary/aromatic N) is 1. The van der Waals surface area contributed by atoms with Crippen LogP contribution in [0.5, 0.6) is 5.75 Å². The van der Waals surface area contributed by atoms with Crippen molar-refractivity contribution in [1.82, 2.24) is 5.32 Å². The smallest absolute Gasteiger partial charge is 0.413 e. The summed E-state index contributed by atoms with van der Waals surface area (Å²) < 4.78 is 9.97. The number of methoxy groups -OCH3 is 1. The summed E-state index contributed by atoms with van der Waals surface area (Å²) in [4.78, 5) is 53.3. The molecule has 3 amide bonds. The third-order valence-corrected chi connectivity index (χ3v) is 6.94. The van der Waals surface area contributed by atoms with Gasteiger partial charge in [0.25, 0.3) is 11.8 Å². The summed E-state index contributed by atoms with van der Waals surface area (Å²) in [5.74, 6) is -1.72. The molecule has 1 unspecified atom stereocenters. The number of ether oxygens (including phenoxy) is 2. The molecule has 1 atom stereocenters. The van der Waals surface area contributed by atoms with Gasteiger partial charge in [0.2, 0.25) is 0 Å². The lowest BCUT2D eigenvalue weighted by Gasteiger charge is -2.27. The number of aryl methyl sites for hydroxylation is 1. The van der Waals surface area contributed by atoms with Crippen LogP contribution in [0.4, 0.5) is 21.9 Å². The number of esters is 1. The van der Waals surface area contributed by atoms with Crippen molar-refractivity contribution in [3.05, 3.63) is 81.8 Å². The second-order valence-corrected chi connectivity index (χ2v) is 10.3. The molecule has 9 nitrogen and oxygen atoms in total. The summed E-state index contributed by atoms with van der Waals surface area (Å²) in [5.41, 5.74) is 2.11. The lowest BCUT2D eigenvalue weighted by Crippen LogP contribution is -2.53. The number of amides is 3. The maximum absolute atomic E-state index is 14.0. The molecule has 0 radical (unpaired) electrons. The normalized spacial score (nSPS) is 14.8. The van der Waals surface area contributed by atoms with E-state index in [0.29, 0.717) is 23.7 Å². The van der Waals surface area contributed by atoms with Gasteiger partial charge in [-0.3, -0.25) is 14.5 Å². The Morgan fingerprint density at radius 3 is 2.45 bits per heavy atom. The summed E-state index contributed by atoms with van der Waals surface area (Å²) in [6.45, 7) is 4.21. The summed E-state index contributed by atoms with van der Waals surface area (Å²) in [6, 6.07) is 14.3. The minimum absolute atomic E-state index is 0.0135. The molecule has 0 spiro atoms. The molecule has 0 saturated heterocycles. The summed E-state index contributed by atoms with van der Waals surface area (Å²) in [5, 5.41) is 5.38. The summed E-state index contributed by atoms with van der Waals surface area (Å²) in [7, 11) is 1.23. The van der Waals surface area contributed by atoms with E-state index in [9.17, 15) is 19.2 Å². The van der Waals surface area contributed by atoms with E-state index in [-0.39, 0.29) is 27.0 Å². The van der Waals surface area contributed by atoms with E-state index in [4.69, 9.17) is 27.9 Å². The number of anilines is 3. The predicted octanol–water partition coefficient (Wildman–Crippen LogP) is 6.14. The van der Waals surface area contributed by atoms with E-state index >= 15 is 0 Å². The van der Waals surface area contributed by atoms with Gasteiger partial charge in [-0.05, 0) is 60.7 Å². The van der Waals surface area contributed by atoms with E-state index < -0.39 is 29.9 Å². The maximum Gasteiger partial charge on any atom is 0.413 e. The number of benzene rings is 3. The Bertz CT molecular complexity index is 1480. The minimum atomic E-state index is -1.67. The van der Waals surface area contributed by atoms with E-state index in [1.807, 2.05) is 12.1 Å². The van der Waals surface area contributed by atoms with Crippen molar-refractivity contribution in [3.8, 4) is 5.75 Å². The molecule has 11 heteroatoms. The third-order valence-electron chi connectivity index (χ3n) is 6.22. The Kier molecular flexibility index (Phi) is 8.96. The maximum atomic E-state index is 14.0. The van der Waals surface area contributed by atoms with Gasteiger partial charge in [0, 0.05) is 0 Å². The number of hydrogen-bond donors (Lipinski definition) is 2. The first-order chi connectivity index (χ1) is 19.1. The van der Waals surface area contributed by atoms with Gasteiger partial charge in [-0.25, -0.2) is 9.59 Å². The highest BCUT2D eigenvalue weighted by Gasteiger charge is 2.39. The number of rotatable bonds is 7. The molecular formula is C29H27Cl2N3O6. The molecule has 3 aromatic rings. The van der Waals surface area contributed by atoms with Crippen LogP contribution in [0, 0.1) is 5.92 Å². The summed E-state index contributed by atoms with van der Waals surface area (Å²) >= 11 is 12.6. The van der Waals surface area contributed by atoms with Gasteiger partial charge in [0.1, 0.15) is 5.75 Å². The molecule has 208 valence electrons. The number of carbonyl (C=O) groups is 4. The van der Waals surface area contributed by atoms with E-state index in [1.54, 1.807) is 12.1 Å². The lowest BCUT2D eigenvalue weighted by atomic mass is 10.00. The molecule has 1 heterocycles. The zero-order chi connectivity index (χ0) is 29.0. The van der Waals surface area contributed by atoms with Crippen molar-refractivity contribution in [2.24, 2.45) is 5.92 Å². The van der Waals surface area contributed by atoms with Crippen LogP contribution in [-0.4, -0.2) is 37.0 Å². The Balaban J connectivity index is 1.70. The predicted molar refractivity (Wildman–Crippen MR) is 153 cm³/mol. The van der Waals surface area contributed by atoms with Gasteiger partial charge >= 0.3 is 12.1 Å². The minimum Gasteiger partial charge on any atom is -0.465 e. The highest BCUT2D eigenvalue weighted by atomic mass is 35.5. The number of halogens is 2. The van der Waals surface area contributed by atoms with Crippen molar-refractivity contribution in [1.29, 1.82) is 0 Å². The molecule has 4 rings (SSSR count). The molecular weight excluding hydrogens is 557 g/mol. The van der Waals surface area contributed by atoms with Crippen LogP contribution < -0.4 is 20.3 Å². The van der Waals surface area contributed by atoms with Gasteiger partial charge in [0.15, 0.2) is 6.04 Å². The van der Waals surface area contributed by atoms with Crippen LogP contribution in [0.3, 0.4) is 0 Å². The van der Waals surface area contributed by atoms with Gasteiger partial charge in [0.05, 0.1) is 39.8 Å². The second-order valence-electron chi connectivity index (χ2n) is 9.49. The Morgan fingerprint density at radius 2 is 1.73 bits per heavy atom. The zero-order valence-corrected chi connectivity index (χ0v) is 23.5. The fraction of sp³-hybridized carbons (Fsp3) is 0.241. The van der Waals surface area contributed by atoms with Crippen LogP contribution in [0.2, 0.25) is 10.0 Å². The van der Waals surface area contributed by atoms with Crippen LogP contribution in [-0.2, 0) is 20.7 Å². The third kappa shape index (κ3) is 6.38. The standard InChI is InChI=1S/C29H27Cl2N3O6/c1-16(2)11-12-17-7-4-5-10-23(17)34-24-15-21(31)20(30)14-22(24)32-26(35)25(27(34)36)33-29(38)40-19-9-6-8-18(13-19)28(37)39-3/h4-10,13-16,25H,11-12H2,1-3H3,(H,32,35)(H,33,38). The van der Waals surface area contributed by atoms with Crippen molar-refractivity contribution in [2.45, 2.75) is 32.7 Å². The Labute approximate surface area is 241 Å². The highest BCUT2D eigenvalue weighted by molar-refractivity contribution is 6.43. The van der Waals surface area contributed by atoms with Gasteiger partial charge in [-0.15, -0.1) is 0 Å². The SMILES string of the molecule is COC(=O)c1cccc(OC(=O)NC2C(=O)Nc3cc(Cl)c(Cl)cc3N(c3ccccc3CCC(C)C)C2=O)c1. The monoisotopic (exact) mass is 583 g/mol. The van der Waals surface area contributed by atoms with Crippen molar-refractivity contribution in [2.75, 3.05) is 17.3 Å². The molecule has 1 aliphatic rings. The molecule has 0 aromatic heterocycles. The molecule has 1 aliphatic heterocycles. The topological polar surface area (TPSA) is 114 Å². The van der Waals surface area contributed by atoms with Gasteiger partial charge in [-0.1, -0.05) is 61.3 Å². The fourth-order valence-electron chi connectivity index (χ4n) is 4.21. The molecule has 3 aromatic carbocycles. The van der Waals surface area contributed by atoms with Crippen molar-refractivity contribution in [3.63, 3.8) is 0 Å². The highest BCUT2D eigenvalue weighted by Crippen LogP contribution is 2.41. The van der Waals surface area contributed by atoms with Gasteiger partial charge < -0.3 is 20.1 Å². The van der Waals surface area contributed by atoms with E-state index in [0.717, 1.165) is 12.0 Å². The number of nitrogens with one attached hydrogen (secondary N) is 2. The second kappa shape index (κ2) is 12.4. The molecule has 0 bridgehead atoms. The number of para-hydroxylation sites is 1. The largest absolute Gasteiger partial charge is 0.465 e. The van der Waals surface area contributed by atoms with Crippen LogP contribution in [0.25, 0.3) is 0 Å². The quantitative estimate of drug-likeness (QED) is 0.255. The van der Waals surface area contributed by atoms with Crippen molar-refractivity contribution < 1.29 is 28.7 Å². The first kappa shape index (κ1) is 28.9. The van der Waals surface area contributed by atoms with Crippen LogP contribution in [0.15, 0.2) is 60.7 Å². The van der Waals surface area contributed by atoms with Crippen LogP contribution >= 0.6 is 23.2 Å². The van der Waals surface area contributed by atoms with Crippen LogP contribution in [0.1, 0.15) is 36.2 Å². The first-order valence-corrected chi connectivity index (χ1v) is 13.2. The molecule has 0 saturated carbocycles.